The van der Waals surface area contributed by atoms with Gasteiger partial charge in [-0.15, -0.1) is 0 Å². The van der Waals surface area contributed by atoms with Gasteiger partial charge >= 0.3 is 0 Å². The van der Waals surface area contributed by atoms with Crippen molar-refractivity contribution in [2.75, 3.05) is 7.05 Å². The number of amides is 1. The van der Waals surface area contributed by atoms with E-state index in [9.17, 15) is 4.79 Å². The predicted molar refractivity (Wildman–Crippen MR) is 87.0 cm³/mol. The molecule has 1 aromatic carbocycles. The van der Waals surface area contributed by atoms with Crippen LogP contribution in [-0.4, -0.2) is 23.9 Å². The maximum absolute atomic E-state index is 12.6. The topological polar surface area (TPSA) is 20.3 Å². The summed E-state index contributed by atoms with van der Waals surface area (Å²) in [4.78, 5) is 14.5. The van der Waals surface area contributed by atoms with Crippen LogP contribution in [0.5, 0.6) is 0 Å². The zero-order valence-electron chi connectivity index (χ0n) is 12.7. The summed E-state index contributed by atoms with van der Waals surface area (Å²) in [6, 6.07) is 6.27. The number of hydrogen-bond donors (Lipinski definition) is 0. The highest BCUT2D eigenvalue weighted by Gasteiger charge is 2.26. The van der Waals surface area contributed by atoms with Crippen LogP contribution >= 0.6 is 15.9 Å². The summed E-state index contributed by atoms with van der Waals surface area (Å²) in [5.74, 6) is 1.01. The lowest BCUT2D eigenvalue weighted by Crippen LogP contribution is -2.39. The minimum absolute atomic E-state index is 0.144. The van der Waals surface area contributed by atoms with Crippen molar-refractivity contribution in [1.82, 2.24) is 4.90 Å². The first kappa shape index (κ1) is 15.6. The lowest BCUT2D eigenvalue weighted by Gasteiger charge is -2.34. The number of halogens is 1. The van der Waals surface area contributed by atoms with Gasteiger partial charge in [-0.25, -0.2) is 0 Å². The van der Waals surface area contributed by atoms with Gasteiger partial charge in [-0.2, -0.15) is 0 Å². The summed E-state index contributed by atoms with van der Waals surface area (Å²) < 4.78 is 1.01. The first-order chi connectivity index (χ1) is 9.52. The zero-order chi connectivity index (χ0) is 14.7. The molecule has 1 saturated carbocycles. The molecule has 3 heteroatoms. The average molecular weight is 338 g/mol. The second-order valence-electron chi connectivity index (χ2n) is 5.96. The summed E-state index contributed by atoms with van der Waals surface area (Å²) in [5, 5.41) is 0. The van der Waals surface area contributed by atoms with E-state index in [2.05, 4.69) is 22.9 Å². The molecular weight excluding hydrogens is 314 g/mol. The summed E-state index contributed by atoms with van der Waals surface area (Å²) in [5.41, 5.74) is 1.94. The maximum atomic E-state index is 12.6. The molecule has 1 aromatic rings. The zero-order valence-corrected chi connectivity index (χ0v) is 14.2. The molecule has 1 fully saturated rings. The number of benzene rings is 1. The summed E-state index contributed by atoms with van der Waals surface area (Å²) in [6.07, 6.45) is 6.09. The molecule has 0 spiro atoms. The van der Waals surface area contributed by atoms with Crippen LogP contribution in [0.4, 0.5) is 0 Å². The van der Waals surface area contributed by atoms with E-state index in [-0.39, 0.29) is 5.91 Å². The fraction of sp³-hybridized carbons (Fsp3) is 0.588. The van der Waals surface area contributed by atoms with Gasteiger partial charge in [0.25, 0.3) is 5.91 Å². The second kappa shape index (κ2) is 6.75. The second-order valence-corrected chi connectivity index (χ2v) is 6.82. The Kier molecular flexibility index (Phi) is 5.25. The molecule has 110 valence electrons. The van der Waals surface area contributed by atoms with Gasteiger partial charge in [0.1, 0.15) is 0 Å². The molecule has 0 N–H and O–H groups in total. The Morgan fingerprint density at radius 1 is 1.30 bits per heavy atom. The van der Waals surface area contributed by atoms with Crippen LogP contribution in [0.15, 0.2) is 22.7 Å². The fourth-order valence-corrected chi connectivity index (χ4v) is 3.41. The predicted octanol–water partition coefficient (Wildman–Crippen LogP) is 4.80. The lowest BCUT2D eigenvalue weighted by molar-refractivity contribution is 0.0674. The Bertz CT molecular complexity index is 478. The van der Waals surface area contributed by atoms with Gasteiger partial charge < -0.3 is 4.90 Å². The molecule has 2 nitrogen and oxygen atoms in total. The van der Waals surface area contributed by atoms with Gasteiger partial charge in [-0.3, -0.25) is 4.79 Å². The van der Waals surface area contributed by atoms with Crippen LogP contribution in [0.25, 0.3) is 0 Å². The van der Waals surface area contributed by atoms with E-state index in [1.165, 1.54) is 19.3 Å². The highest BCUT2D eigenvalue weighted by molar-refractivity contribution is 9.10. The lowest BCUT2D eigenvalue weighted by atomic mass is 9.84. The Labute approximate surface area is 130 Å². The molecule has 0 saturated heterocycles. The van der Waals surface area contributed by atoms with E-state index in [1.54, 1.807) is 0 Å². The fourth-order valence-electron chi connectivity index (χ4n) is 3.04. The molecule has 0 heterocycles. The first-order valence-electron chi connectivity index (χ1n) is 7.56. The number of carbonyl (C=O) groups is 1. The van der Waals surface area contributed by atoms with Crippen LogP contribution in [0.3, 0.4) is 0 Å². The Morgan fingerprint density at radius 3 is 2.50 bits per heavy atom. The summed E-state index contributed by atoms with van der Waals surface area (Å²) in [7, 11) is 1.95. The largest absolute Gasteiger partial charge is 0.339 e. The van der Waals surface area contributed by atoms with Gasteiger partial charge in [0.2, 0.25) is 0 Å². The van der Waals surface area contributed by atoms with Gasteiger partial charge in [-0.05, 0) is 56.2 Å². The molecule has 20 heavy (non-hydrogen) atoms. The van der Waals surface area contributed by atoms with Crippen LogP contribution in [0.1, 0.15) is 54.9 Å². The molecule has 1 amide bonds. The quantitative estimate of drug-likeness (QED) is 0.775. The van der Waals surface area contributed by atoms with Gasteiger partial charge in [0, 0.05) is 23.1 Å². The average Bonchev–Trinajstić information content (AvgIpc) is 2.48. The van der Waals surface area contributed by atoms with Crippen molar-refractivity contribution in [3.05, 3.63) is 33.8 Å². The third-order valence-corrected chi connectivity index (χ3v) is 5.53. The van der Waals surface area contributed by atoms with Crippen LogP contribution in [-0.2, 0) is 0 Å². The van der Waals surface area contributed by atoms with Crippen molar-refractivity contribution in [2.24, 2.45) is 5.92 Å². The third-order valence-electron chi connectivity index (χ3n) is 4.68. The molecule has 1 aliphatic rings. The molecule has 0 bridgehead atoms. The normalized spacial score (nSPS) is 22.6. The number of hydrogen-bond acceptors (Lipinski definition) is 1. The molecule has 1 aliphatic carbocycles. The Hall–Kier alpha value is -0.830. The van der Waals surface area contributed by atoms with Crippen LogP contribution in [0.2, 0.25) is 0 Å². The highest BCUT2D eigenvalue weighted by atomic mass is 79.9. The Balaban J connectivity index is 2.03. The minimum Gasteiger partial charge on any atom is -0.339 e. The Morgan fingerprint density at radius 2 is 1.95 bits per heavy atom. The van der Waals surface area contributed by atoms with Crippen molar-refractivity contribution in [2.45, 2.75) is 52.0 Å². The van der Waals surface area contributed by atoms with E-state index in [0.29, 0.717) is 6.04 Å². The van der Waals surface area contributed by atoms with Crippen molar-refractivity contribution in [1.29, 1.82) is 0 Å². The molecule has 0 atom stereocenters. The molecule has 0 radical (unpaired) electrons. The summed E-state index contributed by atoms with van der Waals surface area (Å²) >= 11 is 3.51. The van der Waals surface area contributed by atoms with Gasteiger partial charge in [0.15, 0.2) is 0 Å². The van der Waals surface area contributed by atoms with Crippen molar-refractivity contribution in [3.63, 3.8) is 0 Å². The first-order valence-corrected chi connectivity index (χ1v) is 8.35. The minimum atomic E-state index is 0.144. The molecule has 0 aliphatic heterocycles. The van der Waals surface area contributed by atoms with Gasteiger partial charge in [-0.1, -0.05) is 35.3 Å². The molecule has 2 rings (SSSR count). The van der Waals surface area contributed by atoms with Crippen molar-refractivity contribution >= 4 is 21.8 Å². The van der Waals surface area contributed by atoms with E-state index in [1.807, 2.05) is 37.1 Å². The van der Waals surface area contributed by atoms with Crippen LogP contribution < -0.4 is 0 Å². The van der Waals surface area contributed by atoms with Crippen LogP contribution in [0, 0.1) is 12.8 Å². The van der Waals surface area contributed by atoms with Gasteiger partial charge in [0.05, 0.1) is 0 Å². The molecular formula is C17H24BrNO. The maximum Gasteiger partial charge on any atom is 0.253 e. The van der Waals surface area contributed by atoms with E-state index in [0.717, 1.165) is 34.4 Å². The number of rotatable bonds is 3. The molecule has 0 unspecified atom stereocenters. The summed E-state index contributed by atoms with van der Waals surface area (Å²) in [6.45, 7) is 4.30. The highest BCUT2D eigenvalue weighted by Crippen LogP contribution is 2.29. The van der Waals surface area contributed by atoms with Crippen molar-refractivity contribution in [3.8, 4) is 0 Å². The molecule has 0 aromatic heterocycles. The number of aryl methyl sites for hydroxylation is 1. The number of nitrogens with zero attached hydrogens (tertiary/aromatic N) is 1. The third kappa shape index (κ3) is 3.43. The SMILES string of the molecule is CCC1CCC(N(C)C(=O)c2ccc(C)c(Br)c2)CC1. The van der Waals surface area contributed by atoms with Crippen molar-refractivity contribution < 1.29 is 4.79 Å². The van der Waals surface area contributed by atoms with E-state index < -0.39 is 0 Å². The number of carbonyl (C=O) groups excluding carboxylic acids is 1. The van der Waals surface area contributed by atoms with E-state index in [4.69, 9.17) is 0 Å². The monoisotopic (exact) mass is 337 g/mol. The smallest absolute Gasteiger partial charge is 0.253 e. The van der Waals surface area contributed by atoms with E-state index >= 15 is 0 Å². The standard InChI is InChI=1S/C17H24BrNO/c1-4-13-6-9-15(10-7-13)19(3)17(20)14-8-5-12(2)16(18)11-14/h5,8,11,13,15H,4,6-7,9-10H2,1-3H3.